The molecule has 3 aromatic rings. The predicted molar refractivity (Wildman–Crippen MR) is 96.7 cm³/mol. The van der Waals surface area contributed by atoms with Crippen LogP contribution in [0.3, 0.4) is 0 Å². The summed E-state index contributed by atoms with van der Waals surface area (Å²) in [7, 11) is -0.450. The lowest BCUT2D eigenvalue weighted by molar-refractivity contribution is -0.122. The van der Waals surface area contributed by atoms with Gasteiger partial charge in [0.2, 0.25) is 5.78 Å². The summed E-state index contributed by atoms with van der Waals surface area (Å²) in [5.41, 5.74) is 1.62. The third-order valence-corrected chi connectivity index (χ3v) is 4.80. The van der Waals surface area contributed by atoms with Crippen molar-refractivity contribution >= 4 is 49.2 Å². The average Bonchev–Trinajstić information content (AvgIpc) is 3.26. The van der Waals surface area contributed by atoms with Crippen molar-refractivity contribution in [1.82, 2.24) is 9.32 Å². The van der Waals surface area contributed by atoms with Gasteiger partial charge in [0.1, 0.15) is 14.7 Å². The fourth-order valence-corrected chi connectivity index (χ4v) is 3.51. The molecule has 0 spiro atoms. The molecule has 7 nitrogen and oxygen atoms in total. The van der Waals surface area contributed by atoms with Gasteiger partial charge in [0.25, 0.3) is 6.47 Å². The van der Waals surface area contributed by atoms with E-state index in [1.54, 1.807) is 22.8 Å². The van der Waals surface area contributed by atoms with Crippen LogP contribution in [-0.4, -0.2) is 37.4 Å². The molecule has 130 valence electrons. The normalized spacial score (nSPS) is 10.6. The molecule has 1 atom stereocenters. The number of ketones is 2. The van der Waals surface area contributed by atoms with Crippen LogP contribution in [0.25, 0.3) is 10.9 Å². The lowest BCUT2D eigenvalue weighted by Crippen LogP contribution is -2.02. The van der Waals surface area contributed by atoms with E-state index in [-0.39, 0.29) is 18.0 Å². The van der Waals surface area contributed by atoms with Gasteiger partial charge in [0.15, 0.2) is 10.8 Å². The Bertz CT molecular complexity index is 918. The van der Waals surface area contributed by atoms with Crippen LogP contribution in [0.15, 0.2) is 35.8 Å². The van der Waals surface area contributed by atoms with Crippen LogP contribution in [0.4, 0.5) is 0 Å². The van der Waals surface area contributed by atoms with Crippen LogP contribution in [0.1, 0.15) is 39.2 Å². The number of para-hydroxylation sites is 1. The Morgan fingerprint density at radius 2 is 2.04 bits per heavy atom. The van der Waals surface area contributed by atoms with Crippen molar-refractivity contribution in [3.05, 3.63) is 52.1 Å². The fourth-order valence-electron chi connectivity index (χ4n) is 2.25. The van der Waals surface area contributed by atoms with E-state index in [9.17, 15) is 14.5 Å². The summed E-state index contributed by atoms with van der Waals surface area (Å²) in [6.07, 6.45) is 2.00. The zero-order chi connectivity index (χ0) is 18.4. The number of benzene rings is 1. The third kappa shape index (κ3) is 3.99. The number of hydrogen-bond donors (Lipinski definition) is 2. The number of hydrogen-bond acceptors (Lipinski definition) is 6. The lowest BCUT2D eigenvalue weighted by Gasteiger charge is -1.96. The maximum atomic E-state index is 12.7. The van der Waals surface area contributed by atoms with Crippen molar-refractivity contribution in [3.8, 4) is 0 Å². The van der Waals surface area contributed by atoms with Gasteiger partial charge in [-0.2, -0.15) is 0 Å². The topological polar surface area (TPSA) is 109 Å². The first-order chi connectivity index (χ1) is 12.1. The van der Waals surface area contributed by atoms with E-state index in [4.69, 9.17) is 9.90 Å². The molecule has 0 saturated carbocycles. The highest BCUT2D eigenvalue weighted by Crippen LogP contribution is 2.28. The highest BCUT2D eigenvalue weighted by molar-refractivity contribution is 7.29. The molecule has 9 heteroatoms. The number of thiazole rings is 1. The Labute approximate surface area is 148 Å². The second-order valence-corrected chi connectivity index (χ2v) is 6.32. The number of fused-ring (bicyclic) bond motifs is 1. The minimum Gasteiger partial charge on any atom is -0.483 e. The summed E-state index contributed by atoms with van der Waals surface area (Å²) in [5, 5.41) is 9.57. The van der Waals surface area contributed by atoms with Gasteiger partial charge >= 0.3 is 0 Å². The molecule has 0 amide bonds. The molecule has 2 N–H and O–H groups in total. The molecule has 0 fully saturated rings. The van der Waals surface area contributed by atoms with Gasteiger partial charge in [-0.05, 0) is 6.07 Å². The van der Waals surface area contributed by atoms with Crippen molar-refractivity contribution in [2.75, 3.05) is 0 Å². The van der Waals surface area contributed by atoms with Crippen LogP contribution in [0, 0.1) is 0 Å². The molecule has 2 aromatic heterocycles. The summed E-state index contributed by atoms with van der Waals surface area (Å²) >= 11 is 1.17. The highest BCUT2D eigenvalue weighted by Gasteiger charge is 2.20. The fraction of sp³-hybridized carbons (Fsp3) is 0.125. The van der Waals surface area contributed by atoms with E-state index in [1.165, 1.54) is 11.3 Å². The van der Waals surface area contributed by atoms with Crippen LogP contribution in [0.2, 0.25) is 0 Å². The molecule has 0 aliphatic rings. The van der Waals surface area contributed by atoms with E-state index in [2.05, 4.69) is 4.98 Å². The number of rotatable bonds is 5. The van der Waals surface area contributed by atoms with E-state index in [1.807, 2.05) is 24.3 Å². The maximum Gasteiger partial charge on any atom is 0.290 e. The van der Waals surface area contributed by atoms with E-state index in [0.29, 0.717) is 22.7 Å². The first-order valence-electron chi connectivity index (χ1n) is 7.18. The van der Waals surface area contributed by atoms with Gasteiger partial charge in [-0.25, -0.2) is 4.98 Å². The summed E-state index contributed by atoms with van der Waals surface area (Å²) in [4.78, 5) is 46.2. The van der Waals surface area contributed by atoms with Gasteiger partial charge in [-0.15, -0.1) is 11.3 Å². The first kappa shape index (κ1) is 18.9. The maximum absolute atomic E-state index is 12.7. The molecule has 0 aliphatic carbocycles. The standard InChI is InChI=1S/C15H13N2O3PS.CH2O2/c1-2-13(18)11-8-22-15(16-11)14(19)10-7-17(21-20)12-6-4-3-5-9(10)12;2-1-3/h3-8,20-21H,2H2,1H3;1H,(H,2,3). The molecule has 25 heavy (non-hydrogen) atoms. The SMILES string of the molecule is CCC(=O)c1csc(C(=O)c2cn(PO)c3ccccc23)n1.O=CO. The molecule has 1 unspecified atom stereocenters. The Balaban J connectivity index is 0.000000701. The Kier molecular flexibility index (Phi) is 6.52. The number of carbonyl (C=O) groups excluding carboxylic acids is 2. The van der Waals surface area contributed by atoms with E-state index < -0.39 is 8.96 Å². The third-order valence-electron chi connectivity index (χ3n) is 3.37. The summed E-state index contributed by atoms with van der Waals surface area (Å²) < 4.78 is 1.63. The van der Waals surface area contributed by atoms with Crippen molar-refractivity contribution in [1.29, 1.82) is 0 Å². The summed E-state index contributed by atoms with van der Waals surface area (Å²) in [6.45, 7) is 1.51. The number of carbonyl (C=O) groups is 3. The molecule has 0 saturated heterocycles. The van der Waals surface area contributed by atoms with E-state index >= 15 is 0 Å². The minimum atomic E-state index is -0.450. The highest BCUT2D eigenvalue weighted by atomic mass is 32.1. The van der Waals surface area contributed by atoms with Gasteiger partial charge in [-0.3, -0.25) is 14.4 Å². The zero-order valence-corrected chi connectivity index (χ0v) is 15.0. The number of nitrogens with zero attached hydrogens (tertiary/aromatic N) is 2. The van der Waals surface area contributed by atoms with Gasteiger partial charge in [0.05, 0.1) is 11.1 Å². The average molecular weight is 378 g/mol. The van der Waals surface area contributed by atoms with Crippen molar-refractivity contribution < 1.29 is 24.4 Å². The molecule has 0 radical (unpaired) electrons. The quantitative estimate of drug-likeness (QED) is 0.401. The van der Waals surface area contributed by atoms with E-state index in [0.717, 1.165) is 10.9 Å². The smallest absolute Gasteiger partial charge is 0.290 e. The Morgan fingerprint density at radius 1 is 1.36 bits per heavy atom. The summed E-state index contributed by atoms with van der Waals surface area (Å²) in [5.74, 6) is -0.303. The zero-order valence-electron chi connectivity index (χ0n) is 13.2. The van der Waals surface area contributed by atoms with Crippen LogP contribution < -0.4 is 0 Å². The first-order valence-corrected chi connectivity index (χ1v) is 8.96. The minimum absolute atomic E-state index is 0.0745. The van der Waals surface area contributed by atoms with Crippen molar-refractivity contribution in [3.63, 3.8) is 0 Å². The largest absolute Gasteiger partial charge is 0.483 e. The molecule has 1 aromatic carbocycles. The Hall–Kier alpha value is -2.41. The number of aromatic nitrogens is 2. The molecule has 2 heterocycles. The second kappa shape index (κ2) is 8.62. The van der Waals surface area contributed by atoms with Gasteiger partial charge in [0, 0.05) is 23.4 Å². The lowest BCUT2D eigenvalue weighted by atomic mass is 10.1. The van der Waals surface area contributed by atoms with Crippen LogP contribution >= 0.6 is 20.3 Å². The van der Waals surface area contributed by atoms with Gasteiger partial charge in [-0.1, -0.05) is 25.1 Å². The Morgan fingerprint density at radius 3 is 2.68 bits per heavy atom. The molecular formula is C16H15N2O5PS. The number of carboxylic acid groups (broad SMARTS) is 1. The van der Waals surface area contributed by atoms with Crippen LogP contribution in [0.5, 0.6) is 0 Å². The monoisotopic (exact) mass is 378 g/mol. The van der Waals surface area contributed by atoms with Crippen molar-refractivity contribution in [2.45, 2.75) is 13.3 Å². The molecular weight excluding hydrogens is 363 g/mol. The van der Waals surface area contributed by atoms with Gasteiger partial charge < -0.3 is 14.3 Å². The summed E-state index contributed by atoms with van der Waals surface area (Å²) in [6, 6.07) is 7.39. The molecule has 0 aliphatic heterocycles. The van der Waals surface area contributed by atoms with Crippen LogP contribution in [-0.2, 0) is 4.79 Å². The molecule has 3 rings (SSSR count). The number of Topliss-reactive ketones (excluding diaryl/α,β-unsaturated/α-hetero) is 1. The second-order valence-electron chi connectivity index (χ2n) is 4.78. The predicted octanol–water partition coefficient (Wildman–Crippen LogP) is 2.97. The van der Waals surface area contributed by atoms with Crippen molar-refractivity contribution in [2.24, 2.45) is 0 Å². The molecule has 0 bridgehead atoms.